The first-order valence-electron chi connectivity index (χ1n) is 6.75. The Bertz CT molecular complexity index is 228. The van der Waals surface area contributed by atoms with E-state index in [-0.39, 0.29) is 12.1 Å². The van der Waals surface area contributed by atoms with Gasteiger partial charge in [0.2, 0.25) is 0 Å². The maximum Gasteiger partial charge on any atom is 0.0553 e. The number of rotatable bonds is 3. The lowest BCUT2D eigenvalue weighted by Gasteiger charge is -2.45. The molecular weight excluding hydrogens is 200 g/mol. The number of hydrogen-bond donors (Lipinski definition) is 2. The third-order valence-corrected chi connectivity index (χ3v) is 4.63. The minimum atomic E-state index is -0.220. The molecule has 94 valence electrons. The molecular formula is C13H26N2O. The van der Waals surface area contributed by atoms with Crippen molar-refractivity contribution in [3.8, 4) is 0 Å². The summed E-state index contributed by atoms with van der Waals surface area (Å²) < 4.78 is 0. The van der Waals surface area contributed by atoms with Crippen molar-refractivity contribution >= 4 is 0 Å². The van der Waals surface area contributed by atoms with Crippen LogP contribution in [0.3, 0.4) is 0 Å². The van der Waals surface area contributed by atoms with Crippen LogP contribution in [0, 0.1) is 11.8 Å². The molecule has 4 unspecified atom stereocenters. The molecule has 2 fully saturated rings. The van der Waals surface area contributed by atoms with E-state index in [2.05, 4.69) is 11.8 Å². The van der Waals surface area contributed by atoms with Gasteiger partial charge in [-0.1, -0.05) is 6.42 Å². The zero-order chi connectivity index (χ0) is 11.7. The van der Waals surface area contributed by atoms with E-state index in [1.807, 2.05) is 6.92 Å². The molecule has 1 saturated carbocycles. The number of piperidine rings is 1. The van der Waals surface area contributed by atoms with E-state index in [4.69, 9.17) is 5.73 Å². The van der Waals surface area contributed by atoms with Gasteiger partial charge in [-0.2, -0.15) is 0 Å². The van der Waals surface area contributed by atoms with E-state index in [1.54, 1.807) is 0 Å². The maximum atomic E-state index is 9.72. The fourth-order valence-corrected chi connectivity index (χ4v) is 3.12. The summed E-state index contributed by atoms with van der Waals surface area (Å²) >= 11 is 0. The molecule has 1 aliphatic carbocycles. The Morgan fingerprint density at radius 2 is 1.88 bits per heavy atom. The van der Waals surface area contributed by atoms with Gasteiger partial charge in [0.1, 0.15) is 0 Å². The van der Waals surface area contributed by atoms with Crippen molar-refractivity contribution < 1.29 is 5.11 Å². The smallest absolute Gasteiger partial charge is 0.0553 e. The van der Waals surface area contributed by atoms with Gasteiger partial charge in [-0.05, 0) is 44.9 Å². The summed E-state index contributed by atoms with van der Waals surface area (Å²) in [7, 11) is 0. The Balaban J connectivity index is 1.92. The molecule has 0 aromatic carbocycles. The van der Waals surface area contributed by atoms with E-state index in [9.17, 15) is 5.11 Å². The van der Waals surface area contributed by atoms with Gasteiger partial charge in [-0.3, -0.25) is 4.90 Å². The summed E-state index contributed by atoms with van der Waals surface area (Å²) in [5.74, 6) is 1.24. The van der Waals surface area contributed by atoms with Crippen LogP contribution in [0.4, 0.5) is 0 Å². The van der Waals surface area contributed by atoms with Crippen LogP contribution >= 0.6 is 0 Å². The highest BCUT2D eigenvalue weighted by Crippen LogP contribution is 2.33. The van der Waals surface area contributed by atoms with Crippen LogP contribution in [0.1, 0.15) is 39.5 Å². The molecule has 0 bridgehead atoms. The highest BCUT2D eigenvalue weighted by Gasteiger charge is 2.34. The zero-order valence-electron chi connectivity index (χ0n) is 10.6. The van der Waals surface area contributed by atoms with Crippen LogP contribution in [0.5, 0.6) is 0 Å². The summed E-state index contributed by atoms with van der Waals surface area (Å²) in [6, 6.07) is 0.900. The topological polar surface area (TPSA) is 49.5 Å². The fraction of sp³-hybridized carbons (Fsp3) is 1.00. The predicted octanol–water partition coefficient (Wildman–Crippen LogP) is 1.20. The lowest BCUT2D eigenvalue weighted by Crippen LogP contribution is -2.54. The van der Waals surface area contributed by atoms with E-state index in [0.29, 0.717) is 12.0 Å². The molecule has 0 spiro atoms. The Morgan fingerprint density at radius 3 is 2.38 bits per heavy atom. The Morgan fingerprint density at radius 1 is 1.19 bits per heavy atom. The molecule has 2 rings (SSSR count). The molecule has 1 saturated heterocycles. The quantitative estimate of drug-likeness (QED) is 0.760. The number of aliphatic hydroxyl groups is 1. The van der Waals surface area contributed by atoms with Crippen LogP contribution in [-0.2, 0) is 0 Å². The molecule has 0 radical (unpaired) electrons. The average Bonchev–Trinajstić information content (AvgIpc) is 2.13. The van der Waals surface area contributed by atoms with Crippen molar-refractivity contribution in [1.82, 2.24) is 4.90 Å². The highest BCUT2D eigenvalue weighted by atomic mass is 16.3. The van der Waals surface area contributed by atoms with Crippen LogP contribution in [-0.4, -0.2) is 41.3 Å². The summed E-state index contributed by atoms with van der Waals surface area (Å²) in [5.41, 5.74) is 6.10. The summed E-state index contributed by atoms with van der Waals surface area (Å²) in [4.78, 5) is 2.51. The first-order valence-corrected chi connectivity index (χ1v) is 6.75. The molecule has 3 nitrogen and oxygen atoms in total. The number of likely N-dealkylation sites (tertiary alicyclic amines) is 1. The third kappa shape index (κ3) is 2.58. The van der Waals surface area contributed by atoms with Gasteiger partial charge in [0.05, 0.1) is 6.10 Å². The first-order chi connectivity index (χ1) is 7.58. The SMILES string of the molecule is CC(O)C1CC(N)CN(C(C)C2CCC2)C1. The monoisotopic (exact) mass is 226 g/mol. The minimum absolute atomic E-state index is 0.220. The van der Waals surface area contributed by atoms with Crippen LogP contribution < -0.4 is 5.73 Å². The van der Waals surface area contributed by atoms with Crippen molar-refractivity contribution in [2.45, 2.75) is 57.7 Å². The van der Waals surface area contributed by atoms with Gasteiger partial charge in [-0.25, -0.2) is 0 Å². The molecule has 1 heterocycles. The fourth-order valence-electron chi connectivity index (χ4n) is 3.12. The number of hydrogen-bond acceptors (Lipinski definition) is 3. The lowest BCUT2D eigenvalue weighted by molar-refractivity contribution is 0.0144. The highest BCUT2D eigenvalue weighted by molar-refractivity contribution is 4.89. The molecule has 16 heavy (non-hydrogen) atoms. The maximum absolute atomic E-state index is 9.72. The van der Waals surface area contributed by atoms with Crippen molar-refractivity contribution in [3.63, 3.8) is 0 Å². The number of nitrogens with zero attached hydrogens (tertiary/aromatic N) is 1. The third-order valence-electron chi connectivity index (χ3n) is 4.63. The summed E-state index contributed by atoms with van der Waals surface area (Å²) in [5, 5.41) is 9.72. The first kappa shape index (κ1) is 12.3. The molecule has 3 N–H and O–H groups in total. The Labute approximate surface area is 99.0 Å². The zero-order valence-corrected chi connectivity index (χ0v) is 10.6. The van der Waals surface area contributed by atoms with Crippen LogP contribution in [0.15, 0.2) is 0 Å². The second kappa shape index (κ2) is 5.03. The normalized spacial score (nSPS) is 36.8. The van der Waals surface area contributed by atoms with Gasteiger partial charge in [0, 0.05) is 25.2 Å². The predicted molar refractivity (Wildman–Crippen MR) is 66.1 cm³/mol. The van der Waals surface area contributed by atoms with Gasteiger partial charge in [0.15, 0.2) is 0 Å². The molecule has 0 amide bonds. The molecule has 1 aliphatic heterocycles. The van der Waals surface area contributed by atoms with Gasteiger partial charge < -0.3 is 10.8 Å². The molecule has 4 atom stereocenters. The summed E-state index contributed by atoms with van der Waals surface area (Å²) in [6.07, 6.45) is 4.92. The summed E-state index contributed by atoms with van der Waals surface area (Å²) in [6.45, 7) is 6.28. The van der Waals surface area contributed by atoms with Gasteiger partial charge >= 0.3 is 0 Å². The van der Waals surface area contributed by atoms with E-state index in [0.717, 1.165) is 25.4 Å². The van der Waals surface area contributed by atoms with Gasteiger partial charge in [-0.15, -0.1) is 0 Å². The van der Waals surface area contributed by atoms with Crippen molar-refractivity contribution in [1.29, 1.82) is 0 Å². The van der Waals surface area contributed by atoms with Crippen LogP contribution in [0.2, 0.25) is 0 Å². The van der Waals surface area contributed by atoms with Crippen molar-refractivity contribution in [2.75, 3.05) is 13.1 Å². The molecule has 3 heteroatoms. The van der Waals surface area contributed by atoms with Crippen LogP contribution in [0.25, 0.3) is 0 Å². The van der Waals surface area contributed by atoms with Gasteiger partial charge in [0.25, 0.3) is 0 Å². The molecule has 0 aromatic heterocycles. The minimum Gasteiger partial charge on any atom is -0.393 e. The van der Waals surface area contributed by atoms with E-state index < -0.39 is 0 Å². The Hall–Kier alpha value is -0.120. The standard InChI is InChI=1S/C13H26N2O/c1-9(11-4-3-5-11)15-7-12(10(2)16)6-13(14)8-15/h9-13,16H,3-8,14H2,1-2H3. The lowest BCUT2D eigenvalue weighted by atomic mass is 9.78. The molecule has 2 aliphatic rings. The largest absolute Gasteiger partial charge is 0.393 e. The molecule has 0 aromatic rings. The number of aliphatic hydroxyl groups excluding tert-OH is 1. The van der Waals surface area contributed by atoms with Crippen molar-refractivity contribution in [3.05, 3.63) is 0 Å². The Kier molecular flexibility index (Phi) is 3.88. The van der Waals surface area contributed by atoms with E-state index >= 15 is 0 Å². The average molecular weight is 226 g/mol. The second-order valence-electron chi connectivity index (χ2n) is 5.88. The van der Waals surface area contributed by atoms with Crippen molar-refractivity contribution in [2.24, 2.45) is 17.6 Å². The second-order valence-corrected chi connectivity index (χ2v) is 5.88. The number of nitrogens with two attached hydrogens (primary N) is 1. The van der Waals surface area contributed by atoms with E-state index in [1.165, 1.54) is 19.3 Å².